The lowest BCUT2D eigenvalue weighted by atomic mass is 10.1. The number of aryl methyl sites for hydroxylation is 2. The third kappa shape index (κ3) is 7.02. The van der Waals surface area contributed by atoms with Gasteiger partial charge in [0.1, 0.15) is 22.4 Å². The number of fused-ring (bicyclic) bond motifs is 2. The van der Waals surface area contributed by atoms with Crippen molar-refractivity contribution in [2.24, 2.45) is 0 Å². The largest absolute Gasteiger partial charge is 0.422 e. The molecule has 8 rings (SSSR count). The number of H-pyrrole nitrogens is 2. The van der Waals surface area contributed by atoms with Crippen LogP contribution in [-0.2, 0) is 12.4 Å². The Balaban J connectivity index is 0.000000172. The van der Waals surface area contributed by atoms with E-state index in [-0.39, 0.29) is 45.2 Å². The Kier molecular flexibility index (Phi) is 9.34. The molecule has 0 saturated heterocycles. The Labute approximate surface area is 308 Å². The van der Waals surface area contributed by atoms with Crippen LogP contribution in [0, 0.1) is 13.8 Å². The first kappa shape index (κ1) is 37.3. The number of aromatic amines is 2. The summed E-state index contributed by atoms with van der Waals surface area (Å²) < 4.78 is 90.1. The highest BCUT2D eigenvalue weighted by atomic mass is 19.4. The predicted octanol–water partition coefficient (Wildman–Crippen LogP) is 6.21. The van der Waals surface area contributed by atoms with Gasteiger partial charge in [-0.3, -0.25) is 9.59 Å². The van der Waals surface area contributed by atoms with E-state index in [0.717, 1.165) is 37.1 Å². The van der Waals surface area contributed by atoms with E-state index in [2.05, 4.69) is 50.5 Å². The number of aromatic nitrogens is 12. The summed E-state index contributed by atoms with van der Waals surface area (Å²) in [5.41, 5.74) is -0.383. The molecule has 0 aliphatic rings. The van der Waals surface area contributed by atoms with Crippen molar-refractivity contribution in [2.45, 2.75) is 52.1 Å². The molecular formula is C34H26F6N12O4. The highest BCUT2D eigenvalue weighted by Crippen LogP contribution is 2.34. The molecule has 56 heavy (non-hydrogen) atoms. The Hall–Kier alpha value is -7.00. The zero-order valence-corrected chi connectivity index (χ0v) is 29.3. The topological polar surface area (TPSA) is 205 Å². The first-order valence-electron chi connectivity index (χ1n) is 16.4. The van der Waals surface area contributed by atoms with Crippen LogP contribution in [0.25, 0.3) is 45.2 Å². The molecule has 0 unspecified atom stereocenters. The van der Waals surface area contributed by atoms with E-state index in [0.29, 0.717) is 22.8 Å². The number of halogens is 6. The third-order valence-corrected chi connectivity index (χ3v) is 8.66. The molecular weight excluding hydrogens is 754 g/mol. The van der Waals surface area contributed by atoms with Gasteiger partial charge < -0.3 is 18.8 Å². The van der Waals surface area contributed by atoms with E-state index in [4.69, 9.17) is 8.83 Å². The summed E-state index contributed by atoms with van der Waals surface area (Å²) in [6.07, 6.45) is -6.63. The molecule has 2 N–H and O–H groups in total. The van der Waals surface area contributed by atoms with Crippen LogP contribution in [0.2, 0.25) is 0 Å². The average Bonchev–Trinajstić information content (AvgIpc) is 3.97. The van der Waals surface area contributed by atoms with Crippen LogP contribution in [0.3, 0.4) is 0 Å². The maximum atomic E-state index is 12.8. The SMILES string of the molecule is Cc1nc2c(c(-c3nnco3)nn2[C@@H](C)c2ccc(C(F)(F)F)cc2)c(=O)[nH]1.Cc1nc2c(c(-c3nnco3)nn2[C@H](C)c2ccc(C(F)(F)F)cc2)c(=O)[nH]1. The molecule has 288 valence electrons. The van der Waals surface area contributed by atoms with Crippen LogP contribution in [0.1, 0.15) is 59.8 Å². The van der Waals surface area contributed by atoms with E-state index in [1.807, 2.05) is 0 Å². The molecule has 8 aromatic rings. The second-order valence-electron chi connectivity index (χ2n) is 12.4. The molecule has 6 heterocycles. The molecule has 0 saturated carbocycles. The van der Waals surface area contributed by atoms with Crippen LogP contribution in [0.15, 0.2) is 79.7 Å². The molecule has 0 aliphatic heterocycles. The van der Waals surface area contributed by atoms with Gasteiger partial charge in [0.15, 0.2) is 22.7 Å². The summed E-state index contributed by atoms with van der Waals surface area (Å²) in [6, 6.07) is 8.47. The van der Waals surface area contributed by atoms with Crippen LogP contribution < -0.4 is 11.1 Å². The van der Waals surface area contributed by atoms with Gasteiger partial charge in [0.25, 0.3) is 22.9 Å². The van der Waals surface area contributed by atoms with E-state index in [1.54, 1.807) is 27.7 Å². The predicted molar refractivity (Wildman–Crippen MR) is 183 cm³/mol. The number of hydrogen-bond donors (Lipinski definition) is 2. The van der Waals surface area contributed by atoms with Crippen molar-refractivity contribution in [3.8, 4) is 23.2 Å². The fraction of sp³-hybridized carbons (Fsp3) is 0.235. The minimum absolute atomic E-state index is 0.0412. The van der Waals surface area contributed by atoms with E-state index < -0.39 is 46.7 Å². The van der Waals surface area contributed by atoms with Crippen molar-refractivity contribution < 1.29 is 35.2 Å². The molecule has 0 aliphatic carbocycles. The molecule has 2 aromatic carbocycles. The summed E-state index contributed by atoms with van der Waals surface area (Å²) >= 11 is 0. The maximum Gasteiger partial charge on any atom is 0.416 e. The quantitative estimate of drug-likeness (QED) is 0.181. The van der Waals surface area contributed by atoms with Gasteiger partial charge in [0.05, 0.1) is 23.2 Å². The lowest BCUT2D eigenvalue weighted by Gasteiger charge is -2.15. The van der Waals surface area contributed by atoms with Crippen molar-refractivity contribution in [1.82, 2.24) is 59.9 Å². The number of benzene rings is 2. The number of hydrogen-bond acceptors (Lipinski definition) is 12. The lowest BCUT2D eigenvalue weighted by Crippen LogP contribution is -2.13. The zero-order valence-electron chi connectivity index (χ0n) is 29.3. The molecule has 6 aromatic heterocycles. The van der Waals surface area contributed by atoms with Gasteiger partial charge in [-0.25, -0.2) is 19.3 Å². The van der Waals surface area contributed by atoms with Crippen LogP contribution in [0.4, 0.5) is 26.3 Å². The number of alkyl halides is 6. The summed E-state index contributed by atoms with van der Waals surface area (Å²) in [6.45, 7) is 6.72. The van der Waals surface area contributed by atoms with Gasteiger partial charge in [0.2, 0.25) is 12.8 Å². The van der Waals surface area contributed by atoms with E-state index >= 15 is 0 Å². The third-order valence-electron chi connectivity index (χ3n) is 8.66. The summed E-state index contributed by atoms with van der Waals surface area (Å²) in [7, 11) is 0. The molecule has 22 heteroatoms. The van der Waals surface area contributed by atoms with Gasteiger partial charge in [-0.2, -0.15) is 36.5 Å². The highest BCUT2D eigenvalue weighted by Gasteiger charge is 2.32. The standard InChI is InChI=1S/2C17H13F3N6O2/c2*1-8(10-3-5-11(6-4-10)17(18,19)20)26-14-12(15(27)23-9(2)22-14)13(25-26)16-24-21-7-28-16/h2*3-8H,1-2H3,(H,22,23,27)/t2*8-/m10/s1. The van der Waals surface area contributed by atoms with Crippen molar-refractivity contribution in [3.63, 3.8) is 0 Å². The number of rotatable bonds is 6. The Morgan fingerprint density at radius 2 is 0.964 bits per heavy atom. The minimum atomic E-state index is -4.42. The average molecular weight is 781 g/mol. The van der Waals surface area contributed by atoms with Crippen LogP contribution in [0.5, 0.6) is 0 Å². The number of nitrogens with one attached hydrogen (secondary N) is 2. The maximum absolute atomic E-state index is 12.8. The van der Waals surface area contributed by atoms with Crippen molar-refractivity contribution in [3.05, 3.63) is 116 Å². The molecule has 0 amide bonds. The molecule has 0 fully saturated rings. The molecule has 0 bridgehead atoms. The Bertz CT molecular complexity index is 2580. The van der Waals surface area contributed by atoms with Crippen molar-refractivity contribution in [1.29, 1.82) is 0 Å². The first-order valence-corrected chi connectivity index (χ1v) is 16.4. The molecule has 16 nitrogen and oxygen atoms in total. The van der Waals surface area contributed by atoms with Gasteiger partial charge in [-0.15, -0.1) is 20.4 Å². The second kappa shape index (κ2) is 14.0. The Morgan fingerprint density at radius 1 is 0.607 bits per heavy atom. The highest BCUT2D eigenvalue weighted by molar-refractivity contribution is 5.89. The molecule has 2 atom stereocenters. The monoisotopic (exact) mass is 780 g/mol. The van der Waals surface area contributed by atoms with Gasteiger partial charge >= 0.3 is 12.4 Å². The summed E-state index contributed by atoms with van der Waals surface area (Å²) in [5, 5.41) is 23.9. The second-order valence-corrected chi connectivity index (χ2v) is 12.4. The number of nitrogens with zero attached hydrogens (tertiary/aromatic N) is 10. The molecule has 0 spiro atoms. The van der Waals surface area contributed by atoms with Crippen LogP contribution in [-0.4, -0.2) is 59.9 Å². The fourth-order valence-corrected chi connectivity index (χ4v) is 5.89. The summed E-state index contributed by atoms with van der Waals surface area (Å²) in [5.74, 6) is 0.824. The van der Waals surface area contributed by atoms with Crippen molar-refractivity contribution >= 4 is 22.1 Å². The van der Waals surface area contributed by atoms with Gasteiger partial charge in [0, 0.05) is 0 Å². The first-order chi connectivity index (χ1) is 26.5. The van der Waals surface area contributed by atoms with E-state index in [1.165, 1.54) is 33.6 Å². The van der Waals surface area contributed by atoms with Gasteiger partial charge in [-0.05, 0) is 63.1 Å². The zero-order chi connectivity index (χ0) is 40.1. The van der Waals surface area contributed by atoms with Crippen LogP contribution >= 0.6 is 0 Å². The lowest BCUT2D eigenvalue weighted by molar-refractivity contribution is -0.138. The minimum Gasteiger partial charge on any atom is -0.422 e. The Morgan fingerprint density at radius 3 is 1.27 bits per heavy atom. The smallest absolute Gasteiger partial charge is 0.416 e. The summed E-state index contributed by atoms with van der Waals surface area (Å²) in [4.78, 5) is 38.8. The molecule has 0 radical (unpaired) electrons. The van der Waals surface area contributed by atoms with E-state index in [9.17, 15) is 35.9 Å². The normalized spacial score (nSPS) is 13.2. The fourth-order valence-electron chi connectivity index (χ4n) is 5.89. The van der Waals surface area contributed by atoms with Crippen molar-refractivity contribution in [2.75, 3.05) is 0 Å². The van der Waals surface area contributed by atoms with Gasteiger partial charge in [-0.1, -0.05) is 24.3 Å².